The van der Waals surface area contributed by atoms with E-state index >= 15 is 0 Å². The second kappa shape index (κ2) is 5.30. The molecular formula is C15H15NO. The summed E-state index contributed by atoms with van der Waals surface area (Å²) in [5, 5.41) is 0. The van der Waals surface area contributed by atoms with Crippen molar-refractivity contribution in [3.05, 3.63) is 59.4 Å². The number of hydrogen-bond donors (Lipinski definition) is 0. The fourth-order valence-corrected chi connectivity index (χ4v) is 1.62. The minimum absolute atomic E-state index is 0.890. The number of methoxy groups -OCH3 is 1. The molecule has 1 aromatic heterocycles. The molecule has 2 aromatic rings. The third-order valence-corrected chi connectivity index (χ3v) is 2.62. The first kappa shape index (κ1) is 11.4. The molecule has 2 nitrogen and oxygen atoms in total. The predicted molar refractivity (Wildman–Crippen MR) is 70.9 cm³/mol. The highest BCUT2D eigenvalue weighted by atomic mass is 16.5. The maximum atomic E-state index is 5.18. The number of aromatic nitrogens is 1. The van der Waals surface area contributed by atoms with Crippen LogP contribution in [0.2, 0.25) is 0 Å². The van der Waals surface area contributed by atoms with E-state index in [1.54, 1.807) is 13.3 Å². The van der Waals surface area contributed by atoms with Crippen molar-refractivity contribution < 1.29 is 4.74 Å². The summed E-state index contributed by atoms with van der Waals surface area (Å²) in [5.41, 5.74) is 3.49. The Morgan fingerprint density at radius 1 is 1.18 bits per heavy atom. The van der Waals surface area contributed by atoms with Crippen molar-refractivity contribution in [2.24, 2.45) is 0 Å². The highest BCUT2D eigenvalue weighted by Gasteiger charge is 1.96. The van der Waals surface area contributed by atoms with Gasteiger partial charge in [0, 0.05) is 12.4 Å². The van der Waals surface area contributed by atoms with Crippen molar-refractivity contribution in [2.45, 2.75) is 6.92 Å². The lowest BCUT2D eigenvalue weighted by Gasteiger charge is -2.04. The van der Waals surface area contributed by atoms with E-state index in [1.807, 2.05) is 30.5 Å². The van der Waals surface area contributed by atoms with Crippen molar-refractivity contribution in [1.29, 1.82) is 0 Å². The smallest absolute Gasteiger partial charge is 0.119 e. The monoisotopic (exact) mass is 225 g/mol. The molecule has 2 rings (SSSR count). The van der Waals surface area contributed by atoms with Gasteiger partial charge in [0.25, 0.3) is 0 Å². The average Bonchev–Trinajstić information content (AvgIpc) is 2.38. The van der Waals surface area contributed by atoms with Gasteiger partial charge in [0.15, 0.2) is 0 Å². The second-order valence-corrected chi connectivity index (χ2v) is 3.84. The van der Waals surface area contributed by atoms with Crippen molar-refractivity contribution in [1.82, 2.24) is 4.98 Å². The topological polar surface area (TPSA) is 22.1 Å². The van der Waals surface area contributed by atoms with Crippen LogP contribution in [-0.4, -0.2) is 12.1 Å². The molecule has 17 heavy (non-hydrogen) atoms. The van der Waals surface area contributed by atoms with Crippen LogP contribution in [0.4, 0.5) is 0 Å². The Hall–Kier alpha value is -2.09. The molecule has 0 N–H and O–H groups in total. The van der Waals surface area contributed by atoms with Gasteiger partial charge in [0.1, 0.15) is 5.75 Å². The summed E-state index contributed by atoms with van der Waals surface area (Å²) in [4.78, 5) is 4.08. The van der Waals surface area contributed by atoms with Crippen LogP contribution in [0.25, 0.3) is 12.2 Å². The number of rotatable bonds is 3. The highest BCUT2D eigenvalue weighted by Crippen LogP contribution is 2.18. The predicted octanol–water partition coefficient (Wildman–Crippen LogP) is 3.57. The summed E-state index contributed by atoms with van der Waals surface area (Å²) in [6, 6.07) is 10.0. The largest absolute Gasteiger partial charge is 0.497 e. The van der Waals surface area contributed by atoms with Gasteiger partial charge >= 0.3 is 0 Å². The molecular weight excluding hydrogens is 210 g/mol. The molecule has 0 unspecified atom stereocenters. The Morgan fingerprint density at radius 2 is 2.06 bits per heavy atom. The minimum Gasteiger partial charge on any atom is -0.497 e. The molecule has 0 atom stereocenters. The fourth-order valence-electron chi connectivity index (χ4n) is 1.62. The summed E-state index contributed by atoms with van der Waals surface area (Å²) in [6.07, 6.45) is 7.76. The molecule has 0 radical (unpaired) electrons. The summed E-state index contributed by atoms with van der Waals surface area (Å²) >= 11 is 0. The number of pyridine rings is 1. The van der Waals surface area contributed by atoms with Crippen LogP contribution in [-0.2, 0) is 0 Å². The third kappa shape index (κ3) is 2.94. The molecule has 0 bridgehead atoms. The van der Waals surface area contributed by atoms with Gasteiger partial charge in [-0.3, -0.25) is 4.98 Å². The zero-order valence-electron chi connectivity index (χ0n) is 10.1. The molecule has 1 heterocycles. The van der Waals surface area contributed by atoms with Gasteiger partial charge in [0.2, 0.25) is 0 Å². The van der Waals surface area contributed by atoms with E-state index in [9.17, 15) is 0 Å². The van der Waals surface area contributed by atoms with Crippen LogP contribution >= 0.6 is 0 Å². The number of ether oxygens (including phenoxy) is 1. The van der Waals surface area contributed by atoms with Gasteiger partial charge in [-0.25, -0.2) is 0 Å². The molecule has 1 aromatic carbocycles. The van der Waals surface area contributed by atoms with Gasteiger partial charge in [0.05, 0.1) is 7.11 Å². The van der Waals surface area contributed by atoms with Gasteiger partial charge in [-0.05, 0) is 41.8 Å². The van der Waals surface area contributed by atoms with E-state index in [4.69, 9.17) is 4.74 Å². The molecule has 0 saturated carbocycles. The van der Waals surface area contributed by atoms with Crippen LogP contribution in [0, 0.1) is 6.92 Å². The lowest BCUT2D eigenvalue weighted by atomic mass is 10.1. The molecule has 0 fully saturated rings. The molecule has 0 spiro atoms. The van der Waals surface area contributed by atoms with Gasteiger partial charge < -0.3 is 4.74 Å². The van der Waals surface area contributed by atoms with Crippen molar-refractivity contribution >= 4 is 12.2 Å². The zero-order valence-corrected chi connectivity index (χ0v) is 10.1. The maximum Gasteiger partial charge on any atom is 0.119 e. The second-order valence-electron chi connectivity index (χ2n) is 3.84. The van der Waals surface area contributed by atoms with E-state index < -0.39 is 0 Å². The SMILES string of the molecule is COc1ccc(/C=C/c2cccnc2)c(C)c1. The molecule has 2 heteroatoms. The Labute approximate surface area is 102 Å². The van der Waals surface area contributed by atoms with Gasteiger partial charge in [-0.2, -0.15) is 0 Å². The van der Waals surface area contributed by atoms with E-state index in [2.05, 4.69) is 30.1 Å². The molecule has 0 aliphatic carbocycles. The lowest BCUT2D eigenvalue weighted by Crippen LogP contribution is -1.85. The lowest BCUT2D eigenvalue weighted by molar-refractivity contribution is 0.414. The third-order valence-electron chi connectivity index (χ3n) is 2.62. The Morgan fingerprint density at radius 3 is 2.71 bits per heavy atom. The van der Waals surface area contributed by atoms with Crippen LogP contribution in [0.5, 0.6) is 5.75 Å². The first-order chi connectivity index (χ1) is 8.29. The zero-order chi connectivity index (χ0) is 12.1. The molecule has 0 amide bonds. The summed E-state index contributed by atoms with van der Waals surface area (Å²) in [7, 11) is 1.68. The number of hydrogen-bond acceptors (Lipinski definition) is 2. The normalized spacial score (nSPS) is 10.7. The quantitative estimate of drug-likeness (QED) is 0.796. The van der Waals surface area contributed by atoms with Crippen molar-refractivity contribution in [3.8, 4) is 5.75 Å². The average molecular weight is 225 g/mol. The van der Waals surface area contributed by atoms with E-state index in [0.29, 0.717) is 0 Å². The molecule has 0 saturated heterocycles. The molecule has 0 aliphatic heterocycles. The molecule has 0 aliphatic rings. The standard InChI is InChI=1S/C15H15NO/c1-12-10-15(17-2)8-7-14(12)6-5-13-4-3-9-16-11-13/h3-11H,1-2H3/b6-5+. The summed E-state index contributed by atoms with van der Waals surface area (Å²) in [5.74, 6) is 0.890. The molecule has 86 valence electrons. The van der Waals surface area contributed by atoms with Crippen molar-refractivity contribution in [2.75, 3.05) is 7.11 Å². The Bertz CT molecular complexity index is 518. The number of nitrogens with zero attached hydrogens (tertiary/aromatic N) is 1. The van der Waals surface area contributed by atoms with Crippen LogP contribution in [0.3, 0.4) is 0 Å². The van der Waals surface area contributed by atoms with Gasteiger partial charge in [-0.1, -0.05) is 24.3 Å². The Kier molecular flexibility index (Phi) is 3.55. The first-order valence-electron chi connectivity index (χ1n) is 5.52. The first-order valence-corrected chi connectivity index (χ1v) is 5.52. The van der Waals surface area contributed by atoms with E-state index in [1.165, 1.54) is 11.1 Å². The van der Waals surface area contributed by atoms with Crippen LogP contribution in [0.1, 0.15) is 16.7 Å². The van der Waals surface area contributed by atoms with Crippen LogP contribution < -0.4 is 4.74 Å². The van der Waals surface area contributed by atoms with Gasteiger partial charge in [-0.15, -0.1) is 0 Å². The summed E-state index contributed by atoms with van der Waals surface area (Å²) in [6.45, 7) is 2.07. The van der Waals surface area contributed by atoms with Crippen molar-refractivity contribution in [3.63, 3.8) is 0 Å². The number of aryl methyl sites for hydroxylation is 1. The fraction of sp³-hybridized carbons (Fsp3) is 0.133. The minimum atomic E-state index is 0.890. The Balaban J connectivity index is 2.22. The summed E-state index contributed by atoms with van der Waals surface area (Å²) < 4.78 is 5.18. The number of benzene rings is 1. The maximum absolute atomic E-state index is 5.18. The van der Waals surface area contributed by atoms with Crippen LogP contribution in [0.15, 0.2) is 42.7 Å². The highest BCUT2D eigenvalue weighted by molar-refractivity contribution is 5.71. The van der Waals surface area contributed by atoms with E-state index in [0.717, 1.165) is 11.3 Å². The van der Waals surface area contributed by atoms with E-state index in [-0.39, 0.29) is 0 Å².